The summed E-state index contributed by atoms with van der Waals surface area (Å²) in [5.41, 5.74) is 6.98. The number of nitrogens with one attached hydrogen (secondary N) is 1. The molecule has 7 heteroatoms. The van der Waals surface area contributed by atoms with Crippen molar-refractivity contribution in [3.8, 4) is 17.1 Å². The highest BCUT2D eigenvalue weighted by atomic mass is 32.2. The number of sulfonamides is 1. The van der Waals surface area contributed by atoms with Crippen molar-refractivity contribution >= 4 is 16.0 Å². The highest BCUT2D eigenvalue weighted by molar-refractivity contribution is 7.92. The van der Waals surface area contributed by atoms with Gasteiger partial charge in [0.2, 0.25) is 11.8 Å². The van der Waals surface area contributed by atoms with Gasteiger partial charge in [0.25, 0.3) is 10.0 Å². The third kappa shape index (κ3) is 3.96. The SMILES string of the molecule is Cc1cccc(C)c1-c1cc2nc(n1)NS(=O)(=O)c1cccc(c1)C1Cc3ccccc3[C@@H](C1)O2. The molecule has 1 aliphatic heterocycles. The van der Waals surface area contributed by atoms with Crippen LogP contribution < -0.4 is 9.46 Å². The number of aromatic nitrogens is 2. The van der Waals surface area contributed by atoms with Crippen LogP contribution in [-0.2, 0) is 16.4 Å². The molecule has 0 spiro atoms. The molecule has 0 saturated carbocycles. The van der Waals surface area contributed by atoms with Crippen LogP contribution in [0.15, 0.2) is 77.7 Å². The van der Waals surface area contributed by atoms with Crippen molar-refractivity contribution in [2.24, 2.45) is 0 Å². The number of fused-ring (bicyclic) bond motifs is 9. The van der Waals surface area contributed by atoms with Gasteiger partial charge in [-0.25, -0.2) is 18.1 Å². The molecule has 6 nitrogen and oxygen atoms in total. The van der Waals surface area contributed by atoms with Crippen LogP contribution in [0.2, 0.25) is 0 Å². The Morgan fingerprint density at radius 3 is 2.51 bits per heavy atom. The first-order valence-electron chi connectivity index (χ1n) is 11.7. The van der Waals surface area contributed by atoms with Crippen molar-refractivity contribution in [2.75, 3.05) is 4.72 Å². The topological polar surface area (TPSA) is 81.2 Å². The Bertz CT molecular complexity index is 1550. The number of hydrogen-bond acceptors (Lipinski definition) is 5. The second kappa shape index (κ2) is 8.20. The number of rotatable bonds is 1. The normalized spacial score (nSPS) is 19.8. The summed E-state index contributed by atoms with van der Waals surface area (Å²) in [5.74, 6) is 0.468. The van der Waals surface area contributed by atoms with Crippen LogP contribution in [-0.4, -0.2) is 18.4 Å². The van der Waals surface area contributed by atoms with E-state index in [2.05, 4.69) is 26.8 Å². The van der Waals surface area contributed by atoms with E-state index in [1.807, 2.05) is 56.3 Å². The van der Waals surface area contributed by atoms with E-state index in [1.165, 1.54) is 5.56 Å². The number of anilines is 1. The highest BCUT2D eigenvalue weighted by Crippen LogP contribution is 2.42. The first-order valence-corrected chi connectivity index (χ1v) is 13.2. The molecule has 6 bridgehead atoms. The molecule has 3 aromatic carbocycles. The zero-order chi connectivity index (χ0) is 24.2. The van der Waals surface area contributed by atoms with Crippen LogP contribution in [0.1, 0.15) is 46.3 Å². The van der Waals surface area contributed by atoms with Crippen LogP contribution in [0.4, 0.5) is 5.95 Å². The minimum absolute atomic E-state index is 0.00762. The molecule has 2 aliphatic rings. The molecule has 2 atom stereocenters. The summed E-state index contributed by atoms with van der Waals surface area (Å²) in [5, 5.41) is 0. The molecule has 0 radical (unpaired) electrons. The van der Waals surface area contributed by atoms with Crippen LogP contribution in [0.5, 0.6) is 5.88 Å². The number of hydrogen-bond donors (Lipinski definition) is 1. The number of aryl methyl sites for hydroxylation is 2. The molecular weight excluding hydrogens is 458 g/mol. The van der Waals surface area contributed by atoms with Crippen LogP contribution >= 0.6 is 0 Å². The molecule has 6 rings (SSSR count). The van der Waals surface area contributed by atoms with E-state index >= 15 is 0 Å². The lowest BCUT2D eigenvalue weighted by atomic mass is 9.78. The molecule has 4 aromatic rings. The maximum atomic E-state index is 13.3. The van der Waals surface area contributed by atoms with Gasteiger partial charge in [-0.3, -0.25) is 0 Å². The summed E-state index contributed by atoms with van der Waals surface area (Å²) >= 11 is 0. The van der Waals surface area contributed by atoms with Gasteiger partial charge in [0.1, 0.15) is 6.10 Å². The summed E-state index contributed by atoms with van der Waals surface area (Å²) in [6.45, 7) is 4.03. The van der Waals surface area contributed by atoms with E-state index in [0.29, 0.717) is 11.6 Å². The summed E-state index contributed by atoms with van der Waals surface area (Å²) in [6, 6.07) is 23.3. The third-order valence-electron chi connectivity index (χ3n) is 6.94. The van der Waals surface area contributed by atoms with Crippen LogP contribution in [0.3, 0.4) is 0 Å². The predicted octanol–water partition coefficient (Wildman–Crippen LogP) is 5.72. The molecule has 0 saturated heterocycles. The zero-order valence-electron chi connectivity index (χ0n) is 19.5. The standard InChI is InChI=1S/C28H25N3O3S/c1-17-7-5-8-18(2)27(17)24-16-26-30-28(29-24)31-35(32,33)22-11-6-10-19(14-22)21-13-20-9-3-4-12-23(20)25(15-21)34-26/h3-12,14,16,21,25H,13,15H2,1-2H3,(H,29,30,31)/t21?,25-/m1/s1. The van der Waals surface area contributed by atoms with E-state index in [4.69, 9.17) is 4.74 Å². The Hall–Kier alpha value is -3.71. The smallest absolute Gasteiger partial charge is 0.264 e. The van der Waals surface area contributed by atoms with E-state index in [1.54, 1.807) is 18.2 Å². The summed E-state index contributed by atoms with van der Waals surface area (Å²) in [6.07, 6.45) is 1.35. The maximum Gasteiger partial charge on any atom is 0.264 e. The molecule has 0 amide bonds. The van der Waals surface area contributed by atoms with E-state index in [9.17, 15) is 8.42 Å². The third-order valence-corrected chi connectivity index (χ3v) is 8.26. The second-order valence-corrected chi connectivity index (χ2v) is 11.0. The number of ether oxygens (including phenoxy) is 1. The highest BCUT2D eigenvalue weighted by Gasteiger charge is 2.31. The van der Waals surface area contributed by atoms with Crippen molar-refractivity contribution in [2.45, 2.75) is 43.6 Å². The second-order valence-electron chi connectivity index (χ2n) is 9.30. The number of nitrogens with zero attached hydrogens (tertiary/aromatic N) is 2. The van der Waals surface area contributed by atoms with Crippen LogP contribution in [0.25, 0.3) is 11.3 Å². The van der Waals surface area contributed by atoms with Gasteiger partial charge in [0.05, 0.1) is 10.6 Å². The summed E-state index contributed by atoms with van der Waals surface area (Å²) in [7, 11) is -3.88. The van der Waals surface area contributed by atoms with Gasteiger partial charge in [-0.2, -0.15) is 4.98 Å². The van der Waals surface area contributed by atoms with Gasteiger partial charge in [0, 0.05) is 11.6 Å². The lowest BCUT2D eigenvalue weighted by molar-refractivity contribution is 0.166. The Morgan fingerprint density at radius 1 is 0.914 bits per heavy atom. The molecule has 1 unspecified atom stereocenters. The molecular formula is C28H25N3O3S. The van der Waals surface area contributed by atoms with Crippen molar-refractivity contribution in [1.82, 2.24) is 9.97 Å². The molecule has 1 aliphatic carbocycles. The molecule has 35 heavy (non-hydrogen) atoms. The average molecular weight is 484 g/mol. The van der Waals surface area contributed by atoms with Crippen molar-refractivity contribution < 1.29 is 13.2 Å². The quantitative estimate of drug-likeness (QED) is 0.374. The monoisotopic (exact) mass is 483 g/mol. The largest absolute Gasteiger partial charge is 0.469 e. The van der Waals surface area contributed by atoms with E-state index in [-0.39, 0.29) is 22.9 Å². The first-order chi connectivity index (χ1) is 16.9. The summed E-state index contributed by atoms with van der Waals surface area (Å²) < 4.78 is 35.7. The fourth-order valence-corrected chi connectivity index (χ4v) is 6.27. The molecule has 2 heterocycles. The van der Waals surface area contributed by atoms with E-state index in [0.717, 1.165) is 40.7 Å². The van der Waals surface area contributed by atoms with Gasteiger partial charge in [-0.05, 0) is 72.6 Å². The van der Waals surface area contributed by atoms with Gasteiger partial charge in [-0.1, -0.05) is 54.6 Å². The van der Waals surface area contributed by atoms with Gasteiger partial charge in [-0.15, -0.1) is 0 Å². The van der Waals surface area contributed by atoms with Crippen molar-refractivity contribution in [3.63, 3.8) is 0 Å². The Morgan fingerprint density at radius 2 is 1.69 bits per heavy atom. The zero-order valence-corrected chi connectivity index (χ0v) is 20.3. The van der Waals surface area contributed by atoms with Crippen LogP contribution in [0, 0.1) is 13.8 Å². The predicted molar refractivity (Wildman–Crippen MR) is 135 cm³/mol. The first kappa shape index (κ1) is 21.8. The lowest BCUT2D eigenvalue weighted by Gasteiger charge is -2.32. The number of benzene rings is 3. The molecule has 1 aromatic heterocycles. The van der Waals surface area contributed by atoms with Gasteiger partial charge < -0.3 is 4.74 Å². The Kier molecular flexibility index (Phi) is 5.11. The average Bonchev–Trinajstić information content (AvgIpc) is 2.83. The molecule has 0 fully saturated rings. The van der Waals surface area contributed by atoms with Gasteiger partial charge >= 0.3 is 0 Å². The fourth-order valence-electron chi connectivity index (χ4n) is 5.27. The molecule has 176 valence electrons. The fraction of sp³-hybridized carbons (Fsp3) is 0.214. The maximum absolute atomic E-state index is 13.3. The Balaban J connectivity index is 1.57. The summed E-state index contributed by atoms with van der Waals surface area (Å²) in [4.78, 5) is 9.29. The lowest BCUT2D eigenvalue weighted by Crippen LogP contribution is -2.23. The minimum Gasteiger partial charge on any atom is -0.469 e. The van der Waals surface area contributed by atoms with Crippen molar-refractivity contribution in [1.29, 1.82) is 0 Å². The molecule has 1 N–H and O–H groups in total. The minimum atomic E-state index is -3.88. The van der Waals surface area contributed by atoms with E-state index < -0.39 is 10.0 Å². The Labute approximate surface area is 205 Å². The van der Waals surface area contributed by atoms with Gasteiger partial charge in [0.15, 0.2) is 0 Å². The van der Waals surface area contributed by atoms with Crippen molar-refractivity contribution in [3.05, 3.63) is 101 Å².